The number of hydrogen-bond donors (Lipinski definition) is 1. The number of hydrogen-bond acceptors (Lipinski definition) is 5. The van der Waals surface area contributed by atoms with E-state index in [9.17, 15) is 4.79 Å². The zero-order valence-corrected chi connectivity index (χ0v) is 15.4. The maximum Gasteiger partial charge on any atom is 0.267 e. The summed E-state index contributed by atoms with van der Waals surface area (Å²) in [7, 11) is 0. The molecule has 4 rings (SSSR count). The predicted octanol–water partition coefficient (Wildman–Crippen LogP) is 2.48. The lowest BCUT2D eigenvalue weighted by Crippen LogP contribution is -2.43. The van der Waals surface area contributed by atoms with Crippen LogP contribution in [-0.4, -0.2) is 36.6 Å². The van der Waals surface area contributed by atoms with E-state index in [1.165, 1.54) is 32.0 Å². The van der Waals surface area contributed by atoms with E-state index in [1.807, 2.05) is 0 Å². The molecule has 0 bridgehead atoms. The van der Waals surface area contributed by atoms with E-state index in [0.717, 1.165) is 31.6 Å². The van der Waals surface area contributed by atoms with E-state index < -0.39 is 0 Å². The van der Waals surface area contributed by atoms with Crippen molar-refractivity contribution in [3.8, 4) is 5.82 Å². The van der Waals surface area contributed by atoms with Crippen LogP contribution in [0.25, 0.3) is 5.82 Å². The second-order valence-corrected chi connectivity index (χ2v) is 7.94. The number of rotatable bonds is 4. The molecule has 26 heavy (non-hydrogen) atoms. The molecule has 140 valence electrons. The van der Waals surface area contributed by atoms with Crippen LogP contribution in [0.4, 0.5) is 0 Å². The molecule has 0 saturated heterocycles. The zero-order chi connectivity index (χ0) is 17.9. The van der Waals surface area contributed by atoms with Crippen molar-refractivity contribution in [1.82, 2.24) is 29.9 Å². The van der Waals surface area contributed by atoms with Gasteiger partial charge in [-0.15, -0.1) is 5.10 Å². The summed E-state index contributed by atoms with van der Waals surface area (Å²) in [6.07, 6.45) is 12.6. The molecule has 0 spiro atoms. The van der Waals surface area contributed by atoms with Gasteiger partial charge in [0.15, 0.2) is 5.82 Å². The van der Waals surface area contributed by atoms with Crippen LogP contribution in [0, 0.1) is 5.92 Å². The SMILES string of the molecule is CC1CCC(NC2CCC(n3nc(-n4cncn4)ccc3=O)CC2)CC1. The van der Waals surface area contributed by atoms with E-state index >= 15 is 0 Å². The fourth-order valence-corrected chi connectivity index (χ4v) is 4.37. The van der Waals surface area contributed by atoms with E-state index in [0.29, 0.717) is 17.9 Å². The molecule has 2 fully saturated rings. The fourth-order valence-electron chi connectivity index (χ4n) is 4.37. The minimum Gasteiger partial charge on any atom is -0.311 e. The van der Waals surface area contributed by atoms with Crippen LogP contribution in [-0.2, 0) is 0 Å². The highest BCUT2D eigenvalue weighted by Gasteiger charge is 2.27. The topological polar surface area (TPSA) is 77.6 Å². The van der Waals surface area contributed by atoms with Gasteiger partial charge in [-0.2, -0.15) is 5.10 Å². The highest BCUT2D eigenvalue weighted by molar-refractivity contribution is 5.16. The van der Waals surface area contributed by atoms with Crippen LogP contribution in [0.1, 0.15) is 64.3 Å². The molecule has 0 aliphatic heterocycles. The number of aromatic nitrogens is 5. The van der Waals surface area contributed by atoms with Crippen LogP contribution in [0.15, 0.2) is 29.6 Å². The molecule has 0 aromatic carbocycles. The smallest absolute Gasteiger partial charge is 0.267 e. The fraction of sp³-hybridized carbons (Fsp3) is 0.684. The van der Waals surface area contributed by atoms with Crippen molar-refractivity contribution in [2.45, 2.75) is 76.4 Å². The maximum atomic E-state index is 12.3. The quantitative estimate of drug-likeness (QED) is 0.911. The molecular weight excluding hydrogens is 328 g/mol. The molecule has 2 aromatic heterocycles. The van der Waals surface area contributed by atoms with Gasteiger partial charge < -0.3 is 5.32 Å². The molecule has 0 amide bonds. The van der Waals surface area contributed by atoms with Gasteiger partial charge in [0.1, 0.15) is 12.7 Å². The van der Waals surface area contributed by atoms with Gasteiger partial charge in [-0.1, -0.05) is 6.92 Å². The summed E-state index contributed by atoms with van der Waals surface area (Å²) in [5, 5.41) is 12.5. The molecule has 2 saturated carbocycles. The lowest BCUT2D eigenvalue weighted by Gasteiger charge is -2.35. The molecule has 0 atom stereocenters. The third-order valence-electron chi connectivity index (χ3n) is 5.99. The lowest BCUT2D eigenvalue weighted by molar-refractivity contribution is 0.226. The van der Waals surface area contributed by atoms with Gasteiger partial charge in [0, 0.05) is 18.2 Å². The van der Waals surface area contributed by atoms with E-state index in [2.05, 4.69) is 27.4 Å². The standard InChI is InChI=1S/C19H28N6O/c1-14-2-4-15(5-3-14)22-16-6-8-17(9-7-16)25-19(26)11-10-18(23-25)24-13-20-12-21-24/h10-17,22H,2-9H2,1H3. The van der Waals surface area contributed by atoms with Gasteiger partial charge >= 0.3 is 0 Å². The molecule has 0 radical (unpaired) electrons. The van der Waals surface area contributed by atoms with Crippen molar-refractivity contribution in [3.05, 3.63) is 35.1 Å². The zero-order valence-electron chi connectivity index (χ0n) is 15.4. The Morgan fingerprint density at radius 1 is 1.00 bits per heavy atom. The van der Waals surface area contributed by atoms with Crippen molar-refractivity contribution < 1.29 is 0 Å². The molecule has 1 N–H and O–H groups in total. The first-order valence-electron chi connectivity index (χ1n) is 9.90. The Labute approximate surface area is 153 Å². The summed E-state index contributed by atoms with van der Waals surface area (Å²) in [4.78, 5) is 16.3. The summed E-state index contributed by atoms with van der Waals surface area (Å²) in [5.74, 6) is 1.53. The van der Waals surface area contributed by atoms with Gasteiger partial charge in [-0.25, -0.2) is 14.3 Å². The van der Waals surface area contributed by atoms with Gasteiger partial charge in [-0.05, 0) is 63.4 Å². The summed E-state index contributed by atoms with van der Waals surface area (Å²) in [6.45, 7) is 2.36. The van der Waals surface area contributed by atoms with Crippen LogP contribution < -0.4 is 10.9 Å². The van der Waals surface area contributed by atoms with E-state index in [4.69, 9.17) is 0 Å². The molecule has 2 aliphatic rings. The normalized spacial score (nSPS) is 29.6. The molecule has 7 heteroatoms. The third-order valence-corrected chi connectivity index (χ3v) is 5.99. The Hall–Kier alpha value is -2.02. The summed E-state index contributed by atoms with van der Waals surface area (Å²) in [6, 6.07) is 4.72. The molecule has 7 nitrogen and oxygen atoms in total. The maximum absolute atomic E-state index is 12.3. The minimum atomic E-state index is -0.0356. The molecule has 2 heterocycles. The first-order valence-corrected chi connectivity index (χ1v) is 9.90. The van der Waals surface area contributed by atoms with E-state index in [1.54, 1.807) is 27.8 Å². The Balaban J connectivity index is 1.37. The van der Waals surface area contributed by atoms with Crippen molar-refractivity contribution >= 4 is 0 Å². The summed E-state index contributed by atoms with van der Waals surface area (Å²) in [5.41, 5.74) is -0.0356. The second kappa shape index (κ2) is 7.70. The molecule has 0 unspecified atom stereocenters. The van der Waals surface area contributed by atoms with E-state index in [-0.39, 0.29) is 11.6 Å². The van der Waals surface area contributed by atoms with Crippen molar-refractivity contribution in [2.75, 3.05) is 0 Å². The van der Waals surface area contributed by atoms with Crippen molar-refractivity contribution in [1.29, 1.82) is 0 Å². The first kappa shape index (κ1) is 17.4. The predicted molar refractivity (Wildman–Crippen MR) is 99.3 cm³/mol. The lowest BCUT2D eigenvalue weighted by atomic mass is 9.85. The Bertz CT molecular complexity index is 755. The van der Waals surface area contributed by atoms with Crippen molar-refractivity contribution in [2.24, 2.45) is 5.92 Å². The van der Waals surface area contributed by atoms with Gasteiger partial charge in [-0.3, -0.25) is 4.79 Å². The summed E-state index contributed by atoms with van der Waals surface area (Å²) >= 11 is 0. The Kier molecular flexibility index (Phi) is 5.15. The Morgan fingerprint density at radius 2 is 1.69 bits per heavy atom. The monoisotopic (exact) mass is 356 g/mol. The van der Waals surface area contributed by atoms with Crippen LogP contribution in [0.2, 0.25) is 0 Å². The van der Waals surface area contributed by atoms with Crippen molar-refractivity contribution in [3.63, 3.8) is 0 Å². The third kappa shape index (κ3) is 3.87. The second-order valence-electron chi connectivity index (χ2n) is 7.94. The van der Waals surface area contributed by atoms with Gasteiger partial charge in [0.05, 0.1) is 6.04 Å². The average molecular weight is 356 g/mol. The average Bonchev–Trinajstić information content (AvgIpc) is 3.20. The van der Waals surface area contributed by atoms with Crippen LogP contribution >= 0.6 is 0 Å². The highest BCUT2D eigenvalue weighted by atomic mass is 16.1. The molecule has 2 aromatic rings. The van der Waals surface area contributed by atoms with Crippen LogP contribution in [0.3, 0.4) is 0 Å². The Morgan fingerprint density at radius 3 is 2.35 bits per heavy atom. The number of nitrogens with one attached hydrogen (secondary N) is 1. The minimum absolute atomic E-state index is 0.0356. The van der Waals surface area contributed by atoms with Crippen LogP contribution in [0.5, 0.6) is 0 Å². The molecule has 2 aliphatic carbocycles. The molecular formula is C19H28N6O. The highest BCUT2D eigenvalue weighted by Crippen LogP contribution is 2.29. The van der Waals surface area contributed by atoms with Gasteiger partial charge in [0.25, 0.3) is 5.56 Å². The number of nitrogens with zero attached hydrogens (tertiary/aromatic N) is 5. The summed E-state index contributed by atoms with van der Waals surface area (Å²) < 4.78 is 3.24. The largest absolute Gasteiger partial charge is 0.311 e. The first-order chi connectivity index (χ1) is 12.7. The van der Waals surface area contributed by atoms with Gasteiger partial charge in [0.2, 0.25) is 0 Å².